The summed E-state index contributed by atoms with van der Waals surface area (Å²) in [5.74, 6) is 5.85. The van der Waals surface area contributed by atoms with Gasteiger partial charge in [0, 0.05) is 42.1 Å². The number of guanidine groups is 1. The van der Waals surface area contributed by atoms with Gasteiger partial charge in [-0.1, -0.05) is 51.2 Å². The number of aliphatic hydroxyl groups excluding tert-OH is 3. The first-order chi connectivity index (χ1) is 31.7. The van der Waals surface area contributed by atoms with Crippen molar-refractivity contribution in [2.45, 2.75) is 173 Å². The first kappa shape index (κ1) is 48.7. The molecule has 1 heterocycles. The number of carbonyl (C=O) groups excluding carboxylic acids is 3. The van der Waals surface area contributed by atoms with Crippen LogP contribution < -0.4 is 16.8 Å². The molecule has 0 aromatic rings. The number of nitrogens with zero attached hydrogens (tertiary/aromatic N) is 1. The maximum atomic E-state index is 15.0. The molecule has 13 nitrogen and oxygen atoms in total. The highest BCUT2D eigenvalue weighted by Gasteiger charge is 2.74. The molecule has 370 valence electrons. The molecule has 10 N–H and O–H groups in total. The maximum Gasteiger partial charge on any atom is 0.312 e. The van der Waals surface area contributed by atoms with Gasteiger partial charge in [0.15, 0.2) is 11.7 Å². The van der Waals surface area contributed by atoms with E-state index in [0.29, 0.717) is 43.3 Å². The number of nitrogens with two attached hydrogens (primary N) is 2. The van der Waals surface area contributed by atoms with E-state index in [1.54, 1.807) is 12.5 Å². The number of esters is 1. The van der Waals surface area contributed by atoms with E-state index < -0.39 is 69.4 Å². The number of aliphatic imine (C=N–C) groups is 1. The third-order valence-corrected chi connectivity index (χ3v) is 20.6. The van der Waals surface area contributed by atoms with Crippen LogP contribution in [0.15, 0.2) is 27.9 Å². The molecular weight excluding hydrogens is 849 g/mol. The van der Waals surface area contributed by atoms with Crippen molar-refractivity contribution in [1.29, 1.82) is 0 Å². The van der Waals surface area contributed by atoms with Crippen LogP contribution in [-0.2, 0) is 19.1 Å². The van der Waals surface area contributed by atoms with Crippen molar-refractivity contribution in [2.75, 3.05) is 19.7 Å². The van der Waals surface area contributed by atoms with Crippen LogP contribution in [0.3, 0.4) is 0 Å². The van der Waals surface area contributed by atoms with E-state index in [0.717, 1.165) is 51.4 Å². The van der Waals surface area contributed by atoms with Crippen molar-refractivity contribution < 1.29 is 44.7 Å². The number of ketones is 2. The largest absolute Gasteiger partial charge is 0.465 e. The molecule has 67 heavy (non-hydrogen) atoms. The fraction of sp³-hybridized carbons (Fsp3) is 0.815. The summed E-state index contributed by atoms with van der Waals surface area (Å²) in [5, 5.41) is 65.8. The van der Waals surface area contributed by atoms with Gasteiger partial charge >= 0.3 is 5.97 Å². The van der Waals surface area contributed by atoms with Crippen molar-refractivity contribution in [3.63, 3.8) is 0 Å². The summed E-state index contributed by atoms with van der Waals surface area (Å²) < 4.78 is 6.01. The number of nitrogens with one attached hydrogen (secondary N) is 1. The molecule has 9 aliphatic rings. The Morgan fingerprint density at radius 2 is 1.70 bits per heavy atom. The Labute approximate surface area is 397 Å². The first-order valence-electron chi connectivity index (χ1n) is 26.1. The Morgan fingerprint density at radius 3 is 2.42 bits per heavy atom. The fourth-order valence-corrected chi connectivity index (χ4v) is 17.4. The summed E-state index contributed by atoms with van der Waals surface area (Å²) in [6.45, 7) is 10.1. The third-order valence-electron chi connectivity index (χ3n) is 20.6. The second kappa shape index (κ2) is 17.8. The smallest absolute Gasteiger partial charge is 0.312 e. The van der Waals surface area contributed by atoms with Crippen LogP contribution in [0.25, 0.3) is 0 Å². The standard InChI is InChI=1S/C54H80N4O9/c1-29-11-12-32-13-14-35-30(2)22-43(62)51(5,65)47-34(10-8-9-33(23-37(35)36(32)21-29)40-28-67-48(64)52(40)16-6-7-17-52)25-54(66)44-38(15-18-53(47,54)19-20-57-49(55)56)50(4)26-42(61)41(60)24-39(50)46(63)45(44)58-27-31(3)59/h13,29-30,33-43,47,58,60-62,65-66H,6-7,10-12,14-28H2,1-5H3,(H4,55,56,57). The molecule has 18 unspecified atom stereocenters. The van der Waals surface area contributed by atoms with Crippen molar-refractivity contribution >= 4 is 23.5 Å². The number of fused-ring (bicyclic) bond motifs is 10. The summed E-state index contributed by atoms with van der Waals surface area (Å²) >= 11 is 0. The van der Waals surface area contributed by atoms with E-state index in [4.69, 9.17) is 16.2 Å². The molecule has 0 aromatic heterocycles. The molecule has 18 atom stereocenters. The zero-order chi connectivity index (χ0) is 48.0. The average Bonchev–Trinajstić information content (AvgIpc) is 3.95. The Hall–Kier alpha value is -3.28. The van der Waals surface area contributed by atoms with Gasteiger partial charge in [-0.2, -0.15) is 0 Å². The zero-order valence-electron chi connectivity index (χ0n) is 40.8. The van der Waals surface area contributed by atoms with Crippen LogP contribution in [0.2, 0.25) is 0 Å². The molecular formula is C54H80N4O9. The molecule has 1 aliphatic heterocycles. The molecule has 1 spiro atoms. The number of rotatable bonds is 7. The van der Waals surface area contributed by atoms with Crippen molar-refractivity contribution in [2.24, 2.45) is 97.8 Å². The highest BCUT2D eigenvalue weighted by atomic mass is 16.5. The molecule has 5 saturated carbocycles. The highest BCUT2D eigenvalue weighted by molar-refractivity contribution is 6.00. The van der Waals surface area contributed by atoms with Gasteiger partial charge in [0.1, 0.15) is 5.78 Å². The van der Waals surface area contributed by atoms with Crippen LogP contribution in [0.4, 0.5) is 0 Å². The van der Waals surface area contributed by atoms with Gasteiger partial charge in [-0.3, -0.25) is 19.4 Å². The van der Waals surface area contributed by atoms with Crippen LogP contribution >= 0.6 is 0 Å². The molecule has 8 aliphatic carbocycles. The van der Waals surface area contributed by atoms with Crippen LogP contribution in [0, 0.1) is 93.2 Å². The quantitative estimate of drug-likeness (QED) is 0.0563. The fourth-order valence-electron chi connectivity index (χ4n) is 17.4. The maximum absolute atomic E-state index is 15.0. The van der Waals surface area contributed by atoms with Gasteiger partial charge in [-0.25, -0.2) is 0 Å². The summed E-state index contributed by atoms with van der Waals surface area (Å²) in [6, 6.07) is 0. The number of carbonyl (C=O) groups is 3. The van der Waals surface area contributed by atoms with E-state index in [9.17, 15) is 35.1 Å². The van der Waals surface area contributed by atoms with Gasteiger partial charge in [0.2, 0.25) is 0 Å². The van der Waals surface area contributed by atoms with Crippen molar-refractivity contribution in [1.82, 2.24) is 5.32 Å². The van der Waals surface area contributed by atoms with Gasteiger partial charge in [0.25, 0.3) is 0 Å². The molecule has 6 fully saturated rings. The lowest BCUT2D eigenvalue weighted by Crippen LogP contribution is -2.65. The monoisotopic (exact) mass is 929 g/mol. The summed E-state index contributed by atoms with van der Waals surface area (Å²) in [6.07, 6.45) is 9.83. The topological polar surface area (TPSA) is 238 Å². The number of Topliss-reactive ketones (excluding diaryl/α,β-unsaturated/α-hetero) is 2. The number of ether oxygens (including phenoxy) is 1. The van der Waals surface area contributed by atoms with E-state index in [1.807, 2.05) is 6.92 Å². The predicted molar refractivity (Wildman–Crippen MR) is 253 cm³/mol. The van der Waals surface area contributed by atoms with Gasteiger partial charge in [-0.15, -0.1) is 5.92 Å². The third kappa shape index (κ3) is 7.84. The SMILES string of the molecule is CC(=O)CNC1=C2C(CCC3(CCN=C(N)N)C4C(CC#CC(C5COC(=O)C56CCCC6)CC5C6CC(C)CCC6=CCC5C(C)CC(O)C4(C)O)CC23O)C2(C)CC(O)C(O)CC2C1=O. The van der Waals surface area contributed by atoms with E-state index in [1.165, 1.54) is 13.3 Å². The number of allylic oxidation sites excluding steroid dienone is 3. The lowest BCUT2D eigenvalue weighted by Gasteiger charge is -2.62. The van der Waals surface area contributed by atoms with E-state index in [2.05, 4.69) is 42.1 Å². The van der Waals surface area contributed by atoms with Gasteiger partial charge in [-0.05, 0) is 156 Å². The number of cyclic esters (lactones) is 1. The first-order valence-corrected chi connectivity index (χ1v) is 26.1. The second-order valence-corrected chi connectivity index (χ2v) is 24.2. The van der Waals surface area contributed by atoms with E-state index >= 15 is 4.79 Å². The Kier molecular flexibility index (Phi) is 13.0. The molecule has 9 rings (SSSR count). The second-order valence-electron chi connectivity index (χ2n) is 24.2. The zero-order valence-corrected chi connectivity index (χ0v) is 40.8. The Morgan fingerprint density at radius 1 is 0.955 bits per heavy atom. The molecule has 0 amide bonds. The lowest BCUT2D eigenvalue weighted by atomic mass is 9.44. The summed E-state index contributed by atoms with van der Waals surface area (Å²) in [7, 11) is 0. The normalized spacial score (nSPS) is 46.9. The van der Waals surface area contributed by atoms with Gasteiger partial charge in [0.05, 0.1) is 53.8 Å². The minimum Gasteiger partial charge on any atom is -0.465 e. The molecule has 0 radical (unpaired) electrons. The predicted octanol–water partition coefficient (Wildman–Crippen LogP) is 4.85. The molecule has 0 aromatic carbocycles. The lowest BCUT2D eigenvalue weighted by molar-refractivity contribution is -0.190. The Balaban J connectivity index is 1.21. The molecule has 0 bridgehead atoms. The number of aliphatic hydroxyl groups is 5. The summed E-state index contributed by atoms with van der Waals surface area (Å²) in [5.41, 5.74) is 8.04. The van der Waals surface area contributed by atoms with Crippen LogP contribution in [0.1, 0.15) is 144 Å². The Bertz CT molecular complexity index is 2130. The minimum absolute atomic E-state index is 0.0100. The molecule has 1 saturated heterocycles. The molecule has 13 heteroatoms. The average molecular weight is 929 g/mol. The van der Waals surface area contributed by atoms with Gasteiger partial charge < -0.3 is 47.1 Å². The van der Waals surface area contributed by atoms with E-state index in [-0.39, 0.29) is 104 Å². The van der Waals surface area contributed by atoms with Crippen LogP contribution in [0.5, 0.6) is 0 Å². The van der Waals surface area contributed by atoms with Crippen molar-refractivity contribution in [3.05, 3.63) is 22.9 Å². The van der Waals surface area contributed by atoms with Crippen molar-refractivity contribution in [3.8, 4) is 11.8 Å². The number of hydrogen-bond donors (Lipinski definition) is 8. The van der Waals surface area contributed by atoms with Crippen LogP contribution in [-0.4, -0.2) is 98.2 Å². The number of hydrogen-bond acceptors (Lipinski definition) is 11. The highest BCUT2D eigenvalue weighted by Crippen LogP contribution is 2.72. The summed E-state index contributed by atoms with van der Waals surface area (Å²) in [4.78, 5) is 46.0. The minimum atomic E-state index is -1.77.